The van der Waals surface area contributed by atoms with E-state index < -0.39 is 11.7 Å². The fraction of sp³-hybridized carbons (Fsp3) is 0.412. The van der Waals surface area contributed by atoms with Crippen molar-refractivity contribution in [1.82, 2.24) is 10.3 Å². The smallest absolute Gasteiger partial charge is 0.408 e. The molecule has 2 aromatic rings. The molecule has 0 aliphatic heterocycles. The number of aromatic nitrogens is 1. The highest BCUT2D eigenvalue weighted by molar-refractivity contribution is 7.09. The van der Waals surface area contributed by atoms with E-state index in [2.05, 4.69) is 10.3 Å². The number of ether oxygens (including phenoxy) is 1. The Morgan fingerprint density at radius 2 is 2.04 bits per heavy atom. The topological polar surface area (TPSA) is 51.2 Å². The predicted molar refractivity (Wildman–Crippen MR) is 93.9 cm³/mol. The van der Waals surface area contributed by atoms with Crippen molar-refractivity contribution in [2.45, 2.75) is 44.7 Å². The molecule has 1 heterocycles. The Labute approximate surface area is 145 Å². The van der Waals surface area contributed by atoms with Crippen molar-refractivity contribution in [3.05, 3.63) is 52.0 Å². The third-order valence-corrected chi connectivity index (χ3v) is 4.26. The average molecular weight is 353 g/mol. The minimum atomic E-state index is -0.536. The van der Waals surface area contributed by atoms with Crippen molar-refractivity contribution in [2.24, 2.45) is 0 Å². The molecule has 0 aliphatic carbocycles. The summed E-state index contributed by atoms with van der Waals surface area (Å²) < 4.78 is 5.36. The van der Waals surface area contributed by atoms with Crippen molar-refractivity contribution in [2.75, 3.05) is 0 Å². The van der Waals surface area contributed by atoms with Gasteiger partial charge < -0.3 is 10.1 Å². The van der Waals surface area contributed by atoms with E-state index in [4.69, 9.17) is 16.3 Å². The minimum Gasteiger partial charge on any atom is -0.444 e. The zero-order chi connectivity index (χ0) is 16.9. The zero-order valence-electron chi connectivity index (χ0n) is 13.5. The van der Waals surface area contributed by atoms with Crippen LogP contribution in [0.1, 0.15) is 43.1 Å². The second kappa shape index (κ2) is 7.79. The van der Waals surface area contributed by atoms with Gasteiger partial charge in [-0.15, -0.1) is 22.9 Å². The van der Waals surface area contributed by atoms with Crippen LogP contribution in [-0.2, 0) is 17.0 Å². The quantitative estimate of drug-likeness (QED) is 0.794. The predicted octanol–water partition coefficient (Wildman–Crippen LogP) is 4.69. The Kier molecular flexibility index (Phi) is 6.02. The number of alkyl carbamates (subject to hydrolysis) is 1. The molecule has 2 rings (SSSR count). The summed E-state index contributed by atoms with van der Waals surface area (Å²) in [6, 6.07) is 9.74. The van der Waals surface area contributed by atoms with E-state index in [9.17, 15) is 4.79 Å². The first kappa shape index (κ1) is 17.8. The summed E-state index contributed by atoms with van der Waals surface area (Å²) in [6.07, 6.45) is 0.205. The molecule has 1 aromatic heterocycles. The second-order valence-corrected chi connectivity index (χ2v) is 7.36. The van der Waals surface area contributed by atoms with Gasteiger partial charge in [0.05, 0.1) is 17.6 Å². The summed E-state index contributed by atoms with van der Waals surface area (Å²) in [5.41, 5.74) is 1.40. The molecule has 0 radical (unpaired) electrons. The summed E-state index contributed by atoms with van der Waals surface area (Å²) in [6.45, 7) is 5.52. The highest BCUT2D eigenvalue weighted by atomic mass is 35.5. The summed E-state index contributed by atoms with van der Waals surface area (Å²) in [4.78, 5) is 16.6. The fourth-order valence-corrected chi connectivity index (χ4v) is 3.14. The van der Waals surface area contributed by atoms with Crippen LogP contribution >= 0.6 is 22.9 Å². The highest BCUT2D eigenvalue weighted by Gasteiger charge is 2.22. The number of nitrogens with zero attached hydrogens (tertiary/aromatic N) is 1. The minimum absolute atomic E-state index is 0.241. The maximum absolute atomic E-state index is 12.1. The summed E-state index contributed by atoms with van der Waals surface area (Å²) in [5, 5.41) is 5.66. The first-order valence-corrected chi connectivity index (χ1v) is 8.82. The van der Waals surface area contributed by atoms with Crippen LogP contribution < -0.4 is 5.32 Å². The van der Waals surface area contributed by atoms with Crippen LogP contribution in [-0.4, -0.2) is 16.7 Å². The molecule has 0 aliphatic rings. The lowest BCUT2D eigenvalue weighted by Crippen LogP contribution is -2.35. The number of benzene rings is 1. The molecule has 0 unspecified atom stereocenters. The van der Waals surface area contributed by atoms with Crippen LogP contribution in [0.5, 0.6) is 0 Å². The van der Waals surface area contributed by atoms with Gasteiger partial charge in [-0.2, -0.15) is 0 Å². The number of rotatable bonds is 5. The van der Waals surface area contributed by atoms with Gasteiger partial charge in [0.15, 0.2) is 0 Å². The number of amides is 1. The van der Waals surface area contributed by atoms with Crippen molar-refractivity contribution in [3.63, 3.8) is 0 Å². The van der Waals surface area contributed by atoms with Gasteiger partial charge in [-0.05, 0) is 32.8 Å². The van der Waals surface area contributed by atoms with E-state index >= 15 is 0 Å². The van der Waals surface area contributed by atoms with Gasteiger partial charge >= 0.3 is 6.09 Å². The number of thiazole rings is 1. The molecule has 1 amide bonds. The van der Waals surface area contributed by atoms with Crippen molar-refractivity contribution in [1.29, 1.82) is 0 Å². The van der Waals surface area contributed by atoms with Crippen molar-refractivity contribution in [3.8, 4) is 0 Å². The van der Waals surface area contributed by atoms with E-state index in [1.54, 1.807) is 0 Å². The van der Waals surface area contributed by atoms with Crippen LogP contribution in [0.4, 0.5) is 4.79 Å². The standard InChI is InChI=1S/C17H21ClN2O2S/c1-17(2,3)22-16(21)20-14(9-12-7-5-4-6-8-12)15-19-13(10-18)11-23-15/h4-8,11,14H,9-10H2,1-3H3,(H,20,21)/t14-/m1/s1. The van der Waals surface area contributed by atoms with Crippen LogP contribution in [0.3, 0.4) is 0 Å². The van der Waals surface area contributed by atoms with Gasteiger partial charge in [0.25, 0.3) is 0 Å². The Balaban J connectivity index is 2.15. The summed E-state index contributed by atoms with van der Waals surface area (Å²) >= 11 is 7.33. The lowest BCUT2D eigenvalue weighted by Gasteiger charge is -2.23. The van der Waals surface area contributed by atoms with Gasteiger partial charge in [0, 0.05) is 5.38 Å². The van der Waals surface area contributed by atoms with E-state index in [0.717, 1.165) is 16.3 Å². The Hall–Kier alpha value is -1.59. The summed E-state index contributed by atoms with van der Waals surface area (Å²) in [7, 11) is 0. The van der Waals surface area contributed by atoms with Crippen LogP contribution in [0.15, 0.2) is 35.7 Å². The number of halogens is 1. The van der Waals surface area contributed by atoms with Gasteiger partial charge in [0.2, 0.25) is 0 Å². The van der Waals surface area contributed by atoms with Crippen LogP contribution in [0, 0.1) is 0 Å². The summed E-state index contributed by atoms with van der Waals surface area (Å²) in [5.74, 6) is 0.362. The molecule has 0 spiro atoms. The normalized spacial score (nSPS) is 12.7. The number of carbonyl (C=O) groups is 1. The van der Waals surface area contributed by atoms with E-state index in [0.29, 0.717) is 12.3 Å². The molecule has 4 nitrogen and oxygen atoms in total. The monoisotopic (exact) mass is 352 g/mol. The number of hydrogen-bond acceptors (Lipinski definition) is 4. The largest absolute Gasteiger partial charge is 0.444 e. The van der Waals surface area contributed by atoms with Crippen LogP contribution in [0.25, 0.3) is 0 Å². The lowest BCUT2D eigenvalue weighted by atomic mass is 10.1. The molecule has 1 aromatic carbocycles. The number of alkyl halides is 1. The Bertz CT molecular complexity index is 638. The molecule has 23 heavy (non-hydrogen) atoms. The molecule has 124 valence electrons. The second-order valence-electron chi connectivity index (χ2n) is 6.20. The first-order chi connectivity index (χ1) is 10.9. The zero-order valence-corrected chi connectivity index (χ0v) is 15.1. The van der Waals surface area contributed by atoms with E-state index in [-0.39, 0.29) is 6.04 Å². The molecule has 0 saturated carbocycles. The third-order valence-electron chi connectivity index (χ3n) is 2.98. The maximum Gasteiger partial charge on any atom is 0.408 e. The molecule has 1 atom stereocenters. The van der Waals surface area contributed by atoms with Gasteiger partial charge in [-0.1, -0.05) is 30.3 Å². The van der Waals surface area contributed by atoms with Gasteiger partial charge in [0.1, 0.15) is 10.6 Å². The van der Waals surface area contributed by atoms with Crippen molar-refractivity contribution < 1.29 is 9.53 Å². The molecule has 0 saturated heterocycles. The lowest BCUT2D eigenvalue weighted by molar-refractivity contribution is 0.0503. The molecular weight excluding hydrogens is 332 g/mol. The van der Waals surface area contributed by atoms with Gasteiger partial charge in [-0.25, -0.2) is 9.78 Å². The maximum atomic E-state index is 12.1. The molecule has 0 bridgehead atoms. The van der Waals surface area contributed by atoms with Gasteiger partial charge in [-0.3, -0.25) is 0 Å². The molecule has 1 N–H and O–H groups in total. The Morgan fingerprint density at radius 3 is 2.61 bits per heavy atom. The van der Waals surface area contributed by atoms with Crippen LogP contribution in [0.2, 0.25) is 0 Å². The molecule has 0 fully saturated rings. The fourth-order valence-electron chi connectivity index (χ4n) is 2.04. The van der Waals surface area contributed by atoms with E-state index in [1.807, 2.05) is 56.5 Å². The first-order valence-electron chi connectivity index (χ1n) is 7.41. The highest BCUT2D eigenvalue weighted by Crippen LogP contribution is 2.23. The van der Waals surface area contributed by atoms with E-state index in [1.165, 1.54) is 11.3 Å². The molecular formula is C17H21ClN2O2S. The number of nitrogens with one attached hydrogen (secondary N) is 1. The third kappa shape index (κ3) is 5.84. The number of hydrogen-bond donors (Lipinski definition) is 1. The Morgan fingerprint density at radius 1 is 1.35 bits per heavy atom. The number of carbonyl (C=O) groups excluding carboxylic acids is 1. The SMILES string of the molecule is CC(C)(C)OC(=O)N[C@H](Cc1ccccc1)c1nc(CCl)cs1. The molecule has 6 heteroatoms. The average Bonchev–Trinajstić information content (AvgIpc) is 2.94. The van der Waals surface area contributed by atoms with Crippen molar-refractivity contribution >= 4 is 29.0 Å².